The molecule has 2 aromatic rings. The van der Waals surface area contributed by atoms with E-state index in [4.69, 9.17) is 10.5 Å². The lowest BCUT2D eigenvalue weighted by atomic mass is 10.1. The van der Waals surface area contributed by atoms with Crippen molar-refractivity contribution in [3.05, 3.63) is 48.0 Å². The Morgan fingerprint density at radius 2 is 1.95 bits per heavy atom. The number of aliphatic imine (C=N–C) groups is 1. The molecule has 1 unspecified atom stereocenters. The van der Waals surface area contributed by atoms with Gasteiger partial charge in [-0.05, 0) is 29.3 Å². The first-order valence-corrected chi connectivity index (χ1v) is 6.72. The third-order valence-corrected chi connectivity index (χ3v) is 3.06. The predicted molar refractivity (Wildman–Crippen MR) is 99.2 cm³/mol. The van der Waals surface area contributed by atoms with E-state index in [1.54, 1.807) is 7.11 Å². The van der Waals surface area contributed by atoms with Crippen molar-refractivity contribution in [3.8, 4) is 0 Å². The van der Waals surface area contributed by atoms with Gasteiger partial charge in [0.1, 0.15) is 0 Å². The Morgan fingerprint density at radius 1 is 1.24 bits per heavy atom. The molecule has 0 bridgehead atoms. The summed E-state index contributed by atoms with van der Waals surface area (Å²) in [7, 11) is 1.67. The van der Waals surface area contributed by atoms with E-state index in [2.05, 4.69) is 40.6 Å². The van der Waals surface area contributed by atoms with E-state index in [9.17, 15) is 0 Å². The zero-order valence-electron chi connectivity index (χ0n) is 12.4. The zero-order valence-corrected chi connectivity index (χ0v) is 14.7. The van der Waals surface area contributed by atoms with Gasteiger partial charge in [-0.3, -0.25) is 0 Å². The number of hydrogen-bond acceptors (Lipinski definition) is 2. The maximum Gasteiger partial charge on any atom is 0.189 e. The number of nitrogens with two attached hydrogens (primary N) is 1. The number of nitrogens with one attached hydrogen (secondary N) is 1. The minimum Gasteiger partial charge on any atom is -0.383 e. The average Bonchev–Trinajstić information content (AvgIpc) is 2.45. The van der Waals surface area contributed by atoms with Gasteiger partial charge in [-0.25, -0.2) is 4.99 Å². The summed E-state index contributed by atoms with van der Waals surface area (Å²) in [5, 5.41) is 5.55. The fraction of sp³-hybridized carbons (Fsp3) is 0.312. The number of nitrogens with zero attached hydrogens (tertiary/aromatic N) is 1. The Labute approximate surface area is 142 Å². The Balaban J connectivity index is 0.00000220. The Hall–Kier alpha value is -1.34. The second-order valence-corrected chi connectivity index (χ2v) is 4.88. The standard InChI is InChI=1S/C16H21N3O.HI/c1-12(11-20-2)19-16(17)18-10-13-7-8-14-5-3-4-6-15(14)9-13;/h3-9,12H,10-11H2,1-2H3,(H3,17,18,19);1H. The van der Waals surface area contributed by atoms with Crippen LogP contribution in [0.5, 0.6) is 0 Å². The summed E-state index contributed by atoms with van der Waals surface area (Å²) < 4.78 is 5.04. The predicted octanol–water partition coefficient (Wildman–Crippen LogP) is 2.90. The van der Waals surface area contributed by atoms with Crippen molar-refractivity contribution >= 4 is 40.7 Å². The number of methoxy groups -OCH3 is 1. The number of benzene rings is 2. The topological polar surface area (TPSA) is 59.6 Å². The summed E-state index contributed by atoms with van der Waals surface area (Å²) in [6.07, 6.45) is 0. The normalized spacial score (nSPS) is 12.8. The molecule has 5 heteroatoms. The lowest BCUT2D eigenvalue weighted by Crippen LogP contribution is -2.40. The van der Waals surface area contributed by atoms with Crippen LogP contribution in [0.1, 0.15) is 12.5 Å². The van der Waals surface area contributed by atoms with Gasteiger partial charge in [0.25, 0.3) is 0 Å². The highest BCUT2D eigenvalue weighted by Crippen LogP contribution is 2.15. The molecule has 0 spiro atoms. The summed E-state index contributed by atoms with van der Waals surface area (Å²) >= 11 is 0. The van der Waals surface area contributed by atoms with Gasteiger partial charge in [0.2, 0.25) is 0 Å². The Morgan fingerprint density at radius 3 is 2.67 bits per heavy atom. The maximum atomic E-state index is 5.85. The molecule has 0 fully saturated rings. The van der Waals surface area contributed by atoms with Crippen LogP contribution >= 0.6 is 24.0 Å². The number of rotatable bonds is 5. The smallest absolute Gasteiger partial charge is 0.189 e. The molecule has 0 heterocycles. The molecule has 0 aliphatic carbocycles. The van der Waals surface area contributed by atoms with E-state index in [0.717, 1.165) is 5.56 Å². The second-order valence-electron chi connectivity index (χ2n) is 4.88. The molecular formula is C16H22IN3O. The van der Waals surface area contributed by atoms with Crippen LogP contribution in [0.2, 0.25) is 0 Å². The lowest BCUT2D eigenvalue weighted by Gasteiger charge is -2.13. The Kier molecular flexibility index (Phi) is 7.45. The van der Waals surface area contributed by atoms with Gasteiger partial charge in [-0.2, -0.15) is 0 Å². The van der Waals surface area contributed by atoms with Crippen LogP contribution in [0.25, 0.3) is 10.8 Å². The van der Waals surface area contributed by atoms with Crippen molar-refractivity contribution in [1.82, 2.24) is 5.32 Å². The number of ether oxygens (including phenoxy) is 1. The van der Waals surface area contributed by atoms with Crippen LogP contribution in [0.4, 0.5) is 0 Å². The van der Waals surface area contributed by atoms with E-state index in [1.807, 2.05) is 19.1 Å². The molecule has 0 aliphatic rings. The second kappa shape index (κ2) is 8.84. The molecule has 0 saturated heterocycles. The summed E-state index contributed by atoms with van der Waals surface area (Å²) in [4.78, 5) is 4.35. The van der Waals surface area contributed by atoms with E-state index < -0.39 is 0 Å². The third kappa shape index (κ3) is 5.51. The molecule has 0 aromatic heterocycles. The maximum absolute atomic E-state index is 5.85. The van der Waals surface area contributed by atoms with E-state index in [0.29, 0.717) is 19.1 Å². The molecule has 114 valence electrons. The molecule has 3 N–H and O–H groups in total. The van der Waals surface area contributed by atoms with Crippen molar-refractivity contribution in [3.63, 3.8) is 0 Å². The lowest BCUT2D eigenvalue weighted by molar-refractivity contribution is 0.179. The third-order valence-electron chi connectivity index (χ3n) is 3.06. The van der Waals surface area contributed by atoms with E-state index in [1.165, 1.54) is 10.8 Å². The highest BCUT2D eigenvalue weighted by Gasteiger charge is 2.01. The molecule has 0 amide bonds. The largest absolute Gasteiger partial charge is 0.383 e. The van der Waals surface area contributed by atoms with Crippen LogP contribution in [0.3, 0.4) is 0 Å². The molecule has 2 rings (SSSR count). The minimum absolute atomic E-state index is 0. The first-order chi connectivity index (χ1) is 9.69. The van der Waals surface area contributed by atoms with E-state index in [-0.39, 0.29) is 30.0 Å². The molecule has 0 aliphatic heterocycles. The molecule has 4 nitrogen and oxygen atoms in total. The highest BCUT2D eigenvalue weighted by atomic mass is 127. The van der Waals surface area contributed by atoms with E-state index >= 15 is 0 Å². The summed E-state index contributed by atoms with van der Waals surface area (Å²) in [5.41, 5.74) is 6.99. The SMILES string of the molecule is COCC(C)NC(N)=NCc1ccc2ccccc2c1.I. The molecule has 2 aromatic carbocycles. The fourth-order valence-corrected chi connectivity index (χ4v) is 2.10. The van der Waals surface area contributed by atoms with Gasteiger partial charge >= 0.3 is 0 Å². The Bertz CT molecular complexity index is 601. The number of hydrogen-bond donors (Lipinski definition) is 2. The van der Waals surface area contributed by atoms with Crippen molar-refractivity contribution in [1.29, 1.82) is 0 Å². The number of guanidine groups is 1. The summed E-state index contributed by atoms with van der Waals surface area (Å²) in [6, 6.07) is 14.8. The van der Waals surface area contributed by atoms with Gasteiger partial charge in [-0.1, -0.05) is 36.4 Å². The van der Waals surface area contributed by atoms with Gasteiger partial charge in [0.15, 0.2) is 5.96 Å². The van der Waals surface area contributed by atoms with Gasteiger partial charge in [0.05, 0.1) is 13.2 Å². The highest BCUT2D eigenvalue weighted by molar-refractivity contribution is 14.0. The van der Waals surface area contributed by atoms with Crippen LogP contribution in [0, 0.1) is 0 Å². The van der Waals surface area contributed by atoms with Crippen LogP contribution in [-0.2, 0) is 11.3 Å². The van der Waals surface area contributed by atoms with Gasteiger partial charge in [-0.15, -0.1) is 24.0 Å². The number of fused-ring (bicyclic) bond motifs is 1. The molecule has 21 heavy (non-hydrogen) atoms. The molecule has 0 radical (unpaired) electrons. The zero-order chi connectivity index (χ0) is 14.4. The number of halogens is 1. The van der Waals surface area contributed by atoms with Gasteiger partial charge < -0.3 is 15.8 Å². The first-order valence-electron chi connectivity index (χ1n) is 6.72. The van der Waals surface area contributed by atoms with Crippen LogP contribution in [0.15, 0.2) is 47.5 Å². The molecule has 0 saturated carbocycles. The van der Waals surface area contributed by atoms with Crippen molar-refractivity contribution in [2.45, 2.75) is 19.5 Å². The average molecular weight is 399 g/mol. The molecular weight excluding hydrogens is 377 g/mol. The quantitative estimate of drug-likeness (QED) is 0.462. The monoisotopic (exact) mass is 399 g/mol. The molecule has 1 atom stereocenters. The van der Waals surface area contributed by atoms with Crippen LogP contribution < -0.4 is 11.1 Å². The van der Waals surface area contributed by atoms with Crippen molar-refractivity contribution in [2.75, 3.05) is 13.7 Å². The first kappa shape index (κ1) is 17.7. The van der Waals surface area contributed by atoms with Crippen molar-refractivity contribution in [2.24, 2.45) is 10.7 Å². The van der Waals surface area contributed by atoms with Crippen molar-refractivity contribution < 1.29 is 4.74 Å². The fourth-order valence-electron chi connectivity index (χ4n) is 2.10. The van der Waals surface area contributed by atoms with Gasteiger partial charge in [0, 0.05) is 13.2 Å². The summed E-state index contributed by atoms with van der Waals surface area (Å²) in [6.45, 7) is 3.18. The van der Waals surface area contributed by atoms with Crippen LogP contribution in [-0.4, -0.2) is 25.7 Å². The minimum atomic E-state index is 0. The summed E-state index contributed by atoms with van der Waals surface area (Å²) in [5.74, 6) is 0.447.